The van der Waals surface area contributed by atoms with Gasteiger partial charge in [0.2, 0.25) is 0 Å². The van der Waals surface area contributed by atoms with Gasteiger partial charge in [0, 0.05) is 51.0 Å². The van der Waals surface area contributed by atoms with Crippen LogP contribution in [0.5, 0.6) is 0 Å². The van der Waals surface area contributed by atoms with Gasteiger partial charge < -0.3 is 10.2 Å². The van der Waals surface area contributed by atoms with E-state index in [0.717, 1.165) is 45.0 Å². The Balaban J connectivity index is 1.61. The quantitative estimate of drug-likeness (QED) is 0.884. The molecule has 0 aromatic heterocycles. The Morgan fingerprint density at radius 3 is 2.63 bits per heavy atom. The minimum atomic E-state index is 0.546. The Morgan fingerprint density at radius 2 is 2.00 bits per heavy atom. The fourth-order valence-corrected chi connectivity index (χ4v) is 2.95. The molecule has 1 aromatic rings. The Kier molecular flexibility index (Phi) is 3.61. The zero-order valence-electron chi connectivity index (χ0n) is 10.8. The van der Waals surface area contributed by atoms with Crippen molar-refractivity contribution in [1.29, 1.82) is 5.26 Å². The van der Waals surface area contributed by atoms with E-state index in [9.17, 15) is 0 Å². The Morgan fingerprint density at radius 1 is 1.26 bits per heavy atom. The van der Waals surface area contributed by atoms with Crippen molar-refractivity contribution in [2.24, 2.45) is 0 Å². The lowest BCUT2D eigenvalue weighted by Crippen LogP contribution is -2.62. The molecule has 2 fully saturated rings. The topological polar surface area (TPSA) is 42.3 Å². The van der Waals surface area contributed by atoms with E-state index >= 15 is 0 Å². The summed E-state index contributed by atoms with van der Waals surface area (Å²) in [5, 5.41) is 12.8. The van der Waals surface area contributed by atoms with Crippen LogP contribution < -0.4 is 10.2 Å². The molecule has 0 saturated carbocycles. The molecule has 0 unspecified atom stereocenters. The van der Waals surface area contributed by atoms with Gasteiger partial charge in [0.15, 0.2) is 0 Å². The van der Waals surface area contributed by atoms with Crippen LogP contribution in [-0.4, -0.2) is 50.2 Å². The van der Waals surface area contributed by atoms with Crippen LogP contribution >= 0.6 is 11.6 Å². The minimum absolute atomic E-state index is 0.546. The highest BCUT2D eigenvalue weighted by Crippen LogP contribution is 2.28. The van der Waals surface area contributed by atoms with Crippen LogP contribution in [0.4, 0.5) is 5.69 Å². The van der Waals surface area contributed by atoms with Gasteiger partial charge in [-0.05, 0) is 18.2 Å². The number of piperazine rings is 1. The van der Waals surface area contributed by atoms with E-state index < -0.39 is 0 Å². The molecule has 2 aliphatic rings. The normalized spacial score (nSPS) is 20.9. The molecule has 3 rings (SSSR count). The van der Waals surface area contributed by atoms with E-state index in [0.29, 0.717) is 16.6 Å². The number of hydrogen-bond donors (Lipinski definition) is 1. The summed E-state index contributed by atoms with van der Waals surface area (Å²) < 4.78 is 0. The van der Waals surface area contributed by atoms with E-state index in [-0.39, 0.29) is 0 Å². The first kappa shape index (κ1) is 12.7. The molecule has 1 aromatic carbocycles. The number of anilines is 1. The smallest absolute Gasteiger partial charge is 0.101 e. The van der Waals surface area contributed by atoms with Crippen LogP contribution in [0, 0.1) is 11.3 Å². The molecular formula is C14H17ClN4. The predicted octanol–water partition coefficient (Wildman–Crippen LogP) is 1.31. The molecule has 100 valence electrons. The van der Waals surface area contributed by atoms with Crippen molar-refractivity contribution in [2.75, 3.05) is 44.2 Å². The number of nitrogens with one attached hydrogen (secondary N) is 1. The number of halogens is 1. The SMILES string of the molecule is N#Cc1ccc(N2CC(N3CCNCC3)C2)cc1Cl. The summed E-state index contributed by atoms with van der Waals surface area (Å²) in [6.07, 6.45) is 0. The monoisotopic (exact) mass is 276 g/mol. The van der Waals surface area contributed by atoms with Crippen molar-refractivity contribution >= 4 is 17.3 Å². The third kappa shape index (κ3) is 2.55. The van der Waals surface area contributed by atoms with Crippen molar-refractivity contribution in [1.82, 2.24) is 10.2 Å². The lowest BCUT2D eigenvalue weighted by Gasteiger charge is -2.48. The molecule has 0 spiro atoms. The van der Waals surface area contributed by atoms with Crippen molar-refractivity contribution in [2.45, 2.75) is 6.04 Å². The van der Waals surface area contributed by atoms with Crippen LogP contribution in [-0.2, 0) is 0 Å². The number of hydrogen-bond acceptors (Lipinski definition) is 4. The highest BCUT2D eigenvalue weighted by Gasteiger charge is 2.32. The zero-order chi connectivity index (χ0) is 13.2. The molecule has 5 heteroatoms. The lowest BCUT2D eigenvalue weighted by molar-refractivity contribution is 0.147. The average molecular weight is 277 g/mol. The third-order valence-corrected chi connectivity index (χ3v) is 4.28. The standard InChI is InChI=1S/C14H17ClN4/c15-14-7-12(2-1-11(14)8-16)19-9-13(10-19)18-5-3-17-4-6-18/h1-2,7,13,17H,3-6,9-10H2. The maximum absolute atomic E-state index is 8.87. The fourth-order valence-electron chi connectivity index (χ4n) is 2.74. The second-order valence-corrected chi connectivity index (χ2v) is 5.53. The first-order chi connectivity index (χ1) is 9.28. The Bertz CT molecular complexity index is 499. The molecule has 2 aliphatic heterocycles. The van der Waals surface area contributed by atoms with E-state index in [1.165, 1.54) is 0 Å². The third-order valence-electron chi connectivity index (χ3n) is 3.97. The van der Waals surface area contributed by atoms with Crippen molar-refractivity contribution in [3.63, 3.8) is 0 Å². The van der Waals surface area contributed by atoms with Gasteiger partial charge in [-0.25, -0.2) is 0 Å². The fraction of sp³-hybridized carbons (Fsp3) is 0.500. The molecule has 1 N–H and O–H groups in total. The van der Waals surface area contributed by atoms with Crippen LogP contribution in [0.1, 0.15) is 5.56 Å². The Labute approximate surface area is 118 Å². The molecule has 0 amide bonds. The molecule has 4 nitrogen and oxygen atoms in total. The summed E-state index contributed by atoms with van der Waals surface area (Å²) in [5.74, 6) is 0. The Hall–Kier alpha value is -1.28. The van der Waals surface area contributed by atoms with Crippen LogP contribution in [0.15, 0.2) is 18.2 Å². The molecular weight excluding hydrogens is 260 g/mol. The van der Waals surface area contributed by atoms with Crippen LogP contribution in [0.2, 0.25) is 5.02 Å². The summed E-state index contributed by atoms with van der Waals surface area (Å²) in [6, 6.07) is 8.44. The number of nitriles is 1. The number of nitrogens with zero attached hydrogens (tertiary/aromatic N) is 3. The number of benzene rings is 1. The average Bonchev–Trinajstić information content (AvgIpc) is 2.38. The van der Waals surface area contributed by atoms with Crippen LogP contribution in [0.3, 0.4) is 0 Å². The van der Waals surface area contributed by atoms with Gasteiger partial charge in [-0.3, -0.25) is 4.90 Å². The summed E-state index contributed by atoms with van der Waals surface area (Å²) in [6.45, 7) is 6.60. The molecule has 19 heavy (non-hydrogen) atoms. The van der Waals surface area contributed by atoms with Gasteiger partial charge >= 0.3 is 0 Å². The first-order valence-electron chi connectivity index (χ1n) is 6.67. The summed E-state index contributed by atoms with van der Waals surface area (Å²) in [5.41, 5.74) is 1.67. The number of rotatable bonds is 2. The van der Waals surface area contributed by atoms with Gasteiger partial charge in [-0.15, -0.1) is 0 Å². The van der Waals surface area contributed by atoms with E-state index in [1.807, 2.05) is 12.1 Å². The van der Waals surface area contributed by atoms with Crippen molar-refractivity contribution in [3.05, 3.63) is 28.8 Å². The van der Waals surface area contributed by atoms with E-state index in [1.54, 1.807) is 6.07 Å². The first-order valence-corrected chi connectivity index (χ1v) is 7.05. The highest BCUT2D eigenvalue weighted by atomic mass is 35.5. The largest absolute Gasteiger partial charge is 0.368 e. The molecule has 2 saturated heterocycles. The summed E-state index contributed by atoms with van der Waals surface area (Å²) in [4.78, 5) is 4.87. The predicted molar refractivity (Wildman–Crippen MR) is 76.6 cm³/mol. The minimum Gasteiger partial charge on any atom is -0.368 e. The van der Waals surface area contributed by atoms with E-state index in [2.05, 4.69) is 21.2 Å². The van der Waals surface area contributed by atoms with Gasteiger partial charge in [0.1, 0.15) is 6.07 Å². The van der Waals surface area contributed by atoms with Crippen molar-refractivity contribution < 1.29 is 0 Å². The van der Waals surface area contributed by atoms with Gasteiger partial charge in [0.05, 0.1) is 10.6 Å². The van der Waals surface area contributed by atoms with Gasteiger partial charge in [0.25, 0.3) is 0 Å². The molecule has 0 radical (unpaired) electrons. The highest BCUT2D eigenvalue weighted by molar-refractivity contribution is 6.32. The lowest BCUT2D eigenvalue weighted by atomic mass is 10.0. The summed E-state index contributed by atoms with van der Waals surface area (Å²) >= 11 is 6.07. The maximum atomic E-state index is 8.87. The van der Waals surface area contributed by atoms with Crippen LogP contribution in [0.25, 0.3) is 0 Å². The van der Waals surface area contributed by atoms with Gasteiger partial charge in [-0.2, -0.15) is 5.26 Å². The molecule has 0 aliphatic carbocycles. The van der Waals surface area contributed by atoms with E-state index in [4.69, 9.17) is 16.9 Å². The zero-order valence-corrected chi connectivity index (χ0v) is 11.5. The molecule has 2 heterocycles. The molecule has 0 bridgehead atoms. The maximum Gasteiger partial charge on any atom is 0.101 e. The van der Waals surface area contributed by atoms with Crippen molar-refractivity contribution in [3.8, 4) is 6.07 Å². The second-order valence-electron chi connectivity index (χ2n) is 5.12. The molecule has 0 atom stereocenters. The summed E-state index contributed by atoms with van der Waals surface area (Å²) in [7, 11) is 0. The van der Waals surface area contributed by atoms with Gasteiger partial charge in [-0.1, -0.05) is 11.6 Å². The second kappa shape index (κ2) is 5.38.